The maximum atomic E-state index is 12.4. The van der Waals surface area contributed by atoms with Gasteiger partial charge < -0.3 is 10.2 Å². The van der Waals surface area contributed by atoms with Gasteiger partial charge in [0.15, 0.2) is 9.84 Å². The molecule has 1 N–H and O–H groups in total. The second-order valence-corrected chi connectivity index (χ2v) is 8.98. The third-order valence-corrected chi connectivity index (χ3v) is 6.79. The molecule has 0 saturated carbocycles. The van der Waals surface area contributed by atoms with Crippen molar-refractivity contribution in [2.24, 2.45) is 0 Å². The Morgan fingerprint density at radius 1 is 1.28 bits per heavy atom. The van der Waals surface area contributed by atoms with Crippen molar-refractivity contribution in [2.45, 2.75) is 11.4 Å². The van der Waals surface area contributed by atoms with Crippen LogP contribution in [-0.4, -0.2) is 73.0 Å². The predicted molar refractivity (Wildman–Crippen MR) is 76.8 cm³/mol. The predicted octanol–water partition coefficient (Wildman–Crippen LogP) is -0.362. The smallest absolute Gasteiger partial charge is 0.241 e. The summed E-state index contributed by atoms with van der Waals surface area (Å²) in [5, 5.41) is 2.52. The van der Waals surface area contributed by atoms with Crippen molar-refractivity contribution in [2.75, 3.05) is 42.4 Å². The van der Waals surface area contributed by atoms with Crippen molar-refractivity contribution in [1.82, 2.24) is 10.2 Å². The lowest BCUT2D eigenvalue weighted by atomic mass is 10.2. The fourth-order valence-electron chi connectivity index (χ4n) is 2.11. The summed E-state index contributed by atoms with van der Waals surface area (Å²) in [6.07, 6.45) is 1.22. The summed E-state index contributed by atoms with van der Waals surface area (Å²) in [4.78, 5) is 13.9. The molecule has 0 aliphatic carbocycles. The number of nitrogens with zero attached hydrogens (tertiary/aromatic N) is 1. The van der Waals surface area contributed by atoms with Gasteiger partial charge in [-0.25, -0.2) is 8.42 Å². The molecule has 0 aromatic rings. The summed E-state index contributed by atoms with van der Waals surface area (Å²) < 4.78 is 23.5. The van der Waals surface area contributed by atoms with E-state index in [9.17, 15) is 13.2 Å². The maximum Gasteiger partial charge on any atom is 0.241 e. The second kappa shape index (κ2) is 6.02. The van der Waals surface area contributed by atoms with Gasteiger partial charge in [-0.1, -0.05) is 0 Å². The van der Waals surface area contributed by atoms with E-state index in [1.165, 1.54) is 6.26 Å². The monoisotopic (exact) mass is 310 g/mol. The minimum Gasteiger partial charge on any atom is -0.323 e. The molecule has 2 atom stereocenters. The lowest BCUT2D eigenvalue weighted by Gasteiger charge is -2.37. The summed E-state index contributed by atoms with van der Waals surface area (Å²) in [6, 6.07) is -0.226. The first-order valence-electron chi connectivity index (χ1n) is 5.88. The molecule has 18 heavy (non-hydrogen) atoms. The average molecular weight is 310 g/mol. The van der Waals surface area contributed by atoms with Crippen LogP contribution in [0.1, 0.15) is 0 Å². The molecule has 0 bridgehead atoms. The van der Waals surface area contributed by atoms with E-state index in [0.717, 1.165) is 23.8 Å². The Morgan fingerprint density at radius 2 is 2.00 bits per heavy atom. The Morgan fingerprint density at radius 3 is 2.61 bits per heavy atom. The van der Waals surface area contributed by atoms with Crippen LogP contribution in [0.3, 0.4) is 0 Å². The van der Waals surface area contributed by atoms with Crippen LogP contribution in [-0.2, 0) is 14.6 Å². The van der Waals surface area contributed by atoms with Crippen LogP contribution >= 0.6 is 23.5 Å². The van der Waals surface area contributed by atoms with Crippen molar-refractivity contribution in [1.29, 1.82) is 0 Å². The number of carbonyl (C=O) groups excluding carboxylic acids is 1. The van der Waals surface area contributed by atoms with Crippen LogP contribution in [0.2, 0.25) is 0 Å². The van der Waals surface area contributed by atoms with Gasteiger partial charge in [-0.2, -0.15) is 23.5 Å². The van der Waals surface area contributed by atoms with Crippen LogP contribution in [0.5, 0.6) is 0 Å². The van der Waals surface area contributed by atoms with Crippen molar-refractivity contribution in [3.8, 4) is 0 Å². The molecule has 0 aromatic carbocycles. The molecule has 5 nitrogen and oxygen atoms in total. The lowest BCUT2D eigenvalue weighted by Crippen LogP contribution is -2.57. The fourth-order valence-corrected chi connectivity index (χ4v) is 5.86. The van der Waals surface area contributed by atoms with E-state index in [2.05, 4.69) is 5.32 Å². The van der Waals surface area contributed by atoms with Crippen LogP contribution in [0.25, 0.3) is 0 Å². The van der Waals surface area contributed by atoms with Crippen LogP contribution in [0.15, 0.2) is 0 Å². The third kappa shape index (κ3) is 3.34. The Labute approximate surface area is 116 Å². The number of rotatable bonds is 2. The zero-order chi connectivity index (χ0) is 13.2. The SMILES string of the molecule is CS(=O)(=O)C1CSCCN1C(=O)C1CSCCN1. The highest BCUT2D eigenvalue weighted by atomic mass is 32.2. The van der Waals surface area contributed by atoms with Gasteiger partial charge in [0.1, 0.15) is 5.37 Å². The van der Waals surface area contributed by atoms with E-state index < -0.39 is 15.2 Å². The number of amides is 1. The first-order chi connectivity index (χ1) is 8.50. The zero-order valence-electron chi connectivity index (χ0n) is 10.3. The molecule has 0 spiro atoms. The molecule has 0 aromatic heterocycles. The molecule has 2 unspecified atom stereocenters. The number of sulfone groups is 1. The summed E-state index contributed by atoms with van der Waals surface area (Å²) in [6.45, 7) is 1.34. The third-order valence-electron chi connectivity index (χ3n) is 3.08. The molecular weight excluding hydrogens is 292 g/mol. The number of nitrogens with one attached hydrogen (secondary N) is 1. The summed E-state index contributed by atoms with van der Waals surface area (Å²) in [5.41, 5.74) is 0. The summed E-state index contributed by atoms with van der Waals surface area (Å²) in [5.74, 6) is 2.99. The van der Waals surface area contributed by atoms with Gasteiger partial charge in [0, 0.05) is 42.4 Å². The molecule has 2 aliphatic heterocycles. The topological polar surface area (TPSA) is 66.5 Å². The minimum absolute atomic E-state index is 0.0575. The van der Waals surface area contributed by atoms with Gasteiger partial charge in [-0.15, -0.1) is 0 Å². The molecule has 2 fully saturated rings. The number of thioether (sulfide) groups is 2. The zero-order valence-corrected chi connectivity index (χ0v) is 12.7. The van der Waals surface area contributed by atoms with E-state index in [1.54, 1.807) is 28.4 Å². The Hall–Kier alpha value is 0.0800. The van der Waals surface area contributed by atoms with E-state index in [1.807, 2.05) is 0 Å². The van der Waals surface area contributed by atoms with E-state index in [4.69, 9.17) is 0 Å². The molecule has 8 heteroatoms. The highest BCUT2D eigenvalue weighted by Crippen LogP contribution is 2.22. The Bertz CT molecular complexity index is 407. The first-order valence-corrected chi connectivity index (χ1v) is 10.1. The summed E-state index contributed by atoms with van der Waals surface area (Å²) >= 11 is 3.34. The molecular formula is C10H18N2O3S3. The molecule has 1 amide bonds. The fraction of sp³-hybridized carbons (Fsp3) is 0.900. The molecule has 2 heterocycles. The van der Waals surface area contributed by atoms with Gasteiger partial charge in [-0.05, 0) is 0 Å². The van der Waals surface area contributed by atoms with Crippen molar-refractivity contribution in [3.63, 3.8) is 0 Å². The Kier molecular flexibility index (Phi) is 4.85. The molecule has 2 aliphatic rings. The highest BCUT2D eigenvalue weighted by molar-refractivity contribution is 8.01. The van der Waals surface area contributed by atoms with Crippen molar-refractivity contribution < 1.29 is 13.2 Å². The van der Waals surface area contributed by atoms with Gasteiger partial charge in [0.05, 0.1) is 6.04 Å². The first kappa shape index (κ1) is 14.5. The molecule has 104 valence electrons. The van der Waals surface area contributed by atoms with Gasteiger partial charge >= 0.3 is 0 Å². The number of carbonyl (C=O) groups is 1. The van der Waals surface area contributed by atoms with Gasteiger partial charge in [0.2, 0.25) is 5.91 Å². The highest BCUT2D eigenvalue weighted by Gasteiger charge is 2.37. The van der Waals surface area contributed by atoms with Gasteiger partial charge in [0.25, 0.3) is 0 Å². The van der Waals surface area contributed by atoms with E-state index >= 15 is 0 Å². The van der Waals surface area contributed by atoms with Crippen molar-refractivity contribution >= 4 is 39.3 Å². The number of hydrogen-bond acceptors (Lipinski definition) is 6. The van der Waals surface area contributed by atoms with Gasteiger partial charge in [-0.3, -0.25) is 4.79 Å². The van der Waals surface area contributed by atoms with Crippen molar-refractivity contribution in [3.05, 3.63) is 0 Å². The molecule has 2 rings (SSSR count). The standard InChI is InChI=1S/C10H18N2O3S3/c1-18(14,15)9-7-17-5-3-12(9)10(13)8-6-16-4-2-11-8/h8-9,11H,2-7H2,1H3. The summed E-state index contributed by atoms with van der Waals surface area (Å²) in [7, 11) is -3.21. The molecule has 0 radical (unpaired) electrons. The average Bonchev–Trinajstić information content (AvgIpc) is 2.38. The lowest BCUT2D eigenvalue weighted by molar-refractivity contribution is -0.133. The Balaban J connectivity index is 2.10. The minimum atomic E-state index is -3.21. The van der Waals surface area contributed by atoms with E-state index in [-0.39, 0.29) is 11.9 Å². The van der Waals surface area contributed by atoms with Crippen LogP contribution in [0, 0.1) is 0 Å². The maximum absolute atomic E-state index is 12.4. The normalized spacial score (nSPS) is 30.2. The van der Waals surface area contributed by atoms with E-state index in [0.29, 0.717) is 12.3 Å². The molecule has 2 saturated heterocycles. The second-order valence-electron chi connectivity index (χ2n) is 4.47. The van der Waals surface area contributed by atoms with Crippen LogP contribution < -0.4 is 5.32 Å². The van der Waals surface area contributed by atoms with Crippen LogP contribution in [0.4, 0.5) is 0 Å². The largest absolute Gasteiger partial charge is 0.323 e. The number of hydrogen-bond donors (Lipinski definition) is 1. The quantitative estimate of drug-likeness (QED) is 0.751.